The molecule has 1 amide bonds. The summed E-state index contributed by atoms with van der Waals surface area (Å²) in [6, 6.07) is 5.26. The largest absolute Gasteiger partial charge is 0.405 e. The lowest BCUT2D eigenvalue weighted by atomic mass is 10.1. The van der Waals surface area contributed by atoms with Gasteiger partial charge >= 0.3 is 0 Å². The molecule has 5 heteroatoms. The summed E-state index contributed by atoms with van der Waals surface area (Å²) < 4.78 is 0. The van der Waals surface area contributed by atoms with Gasteiger partial charge in [0.05, 0.1) is 11.1 Å². The Balaban J connectivity index is 2.71. The van der Waals surface area contributed by atoms with Crippen LogP contribution in [0.15, 0.2) is 30.7 Å². The maximum Gasteiger partial charge on any atom is 0.240 e. The normalized spacial score (nSPS) is 10.0. The quantitative estimate of drug-likeness (QED) is 0.652. The molecule has 1 aromatic carbocycles. The van der Waals surface area contributed by atoms with Crippen LogP contribution in [0.25, 0.3) is 10.9 Å². The van der Waals surface area contributed by atoms with E-state index in [1.54, 1.807) is 18.3 Å². The number of hydrogen-bond donors (Lipinski definition) is 1. The van der Waals surface area contributed by atoms with Gasteiger partial charge in [0.2, 0.25) is 13.9 Å². The smallest absolute Gasteiger partial charge is 0.240 e. The molecule has 1 N–H and O–H groups in total. The number of carbonyl (C=O) groups is 1. The average molecular weight is 183 g/mol. The van der Waals surface area contributed by atoms with Gasteiger partial charge in [-0.25, -0.2) is 9.97 Å². The Morgan fingerprint density at radius 3 is 3.07 bits per heavy atom. The minimum Gasteiger partial charge on any atom is -0.405 e. The lowest BCUT2D eigenvalue weighted by Gasteiger charge is -2.02. The van der Waals surface area contributed by atoms with Crippen molar-refractivity contribution in [2.75, 3.05) is 0 Å². The molecule has 1 aromatic heterocycles. The van der Waals surface area contributed by atoms with Crippen LogP contribution in [-0.4, -0.2) is 23.9 Å². The van der Waals surface area contributed by atoms with E-state index in [4.69, 9.17) is 7.98 Å². The summed E-state index contributed by atoms with van der Waals surface area (Å²) in [4.78, 5) is 19.2. The van der Waals surface area contributed by atoms with Gasteiger partial charge in [-0.3, -0.25) is 4.79 Å². The van der Waals surface area contributed by atoms with Gasteiger partial charge in [-0.05, 0) is 6.07 Å². The van der Waals surface area contributed by atoms with Crippen molar-refractivity contribution < 1.29 is 4.79 Å². The molecule has 2 aromatic rings. The molecule has 66 valence electrons. The monoisotopic (exact) mass is 183 g/mol. The van der Waals surface area contributed by atoms with Crippen LogP contribution in [0.4, 0.5) is 0 Å². The summed E-state index contributed by atoms with van der Waals surface area (Å²) in [5.41, 5.74) is 1.05. The Kier molecular flexibility index (Phi) is 2.14. The van der Waals surface area contributed by atoms with Crippen molar-refractivity contribution in [1.29, 1.82) is 0 Å². The second kappa shape index (κ2) is 3.45. The number of aromatic nitrogens is 2. The van der Waals surface area contributed by atoms with E-state index >= 15 is 0 Å². The summed E-state index contributed by atoms with van der Waals surface area (Å²) in [5, 5.41) is 2.89. The third-order valence-electron chi connectivity index (χ3n) is 1.91. The molecule has 4 nitrogen and oxygen atoms in total. The number of nitrogens with one attached hydrogen (secondary N) is 1. The molecule has 0 bridgehead atoms. The molecule has 0 saturated heterocycles. The third kappa shape index (κ3) is 1.33. The number of carbonyl (C=O) groups excluding carboxylic acids is 1. The summed E-state index contributed by atoms with van der Waals surface area (Å²) >= 11 is 0. The van der Waals surface area contributed by atoms with E-state index in [2.05, 4.69) is 15.2 Å². The fourth-order valence-electron chi connectivity index (χ4n) is 1.28. The molecule has 14 heavy (non-hydrogen) atoms. The maximum atomic E-state index is 11.3. The number of rotatable bonds is 1. The van der Waals surface area contributed by atoms with Crippen molar-refractivity contribution in [2.24, 2.45) is 0 Å². The lowest BCUT2D eigenvalue weighted by molar-refractivity contribution is 0.0983. The highest BCUT2D eigenvalue weighted by atomic mass is 16.1. The summed E-state index contributed by atoms with van der Waals surface area (Å²) in [5.74, 6) is -0.352. The molecule has 0 spiro atoms. The summed E-state index contributed by atoms with van der Waals surface area (Å²) in [6.45, 7) is 0. The Hall–Kier alpha value is -1.91. The molecular formula is C9H6BN3O. The van der Waals surface area contributed by atoms with Crippen molar-refractivity contribution in [3.8, 4) is 0 Å². The van der Waals surface area contributed by atoms with Crippen LogP contribution >= 0.6 is 0 Å². The van der Waals surface area contributed by atoms with Crippen molar-refractivity contribution >= 4 is 24.8 Å². The van der Waals surface area contributed by atoms with Crippen LogP contribution in [0.5, 0.6) is 0 Å². The molecule has 2 rings (SSSR count). The van der Waals surface area contributed by atoms with E-state index in [0.29, 0.717) is 11.1 Å². The van der Waals surface area contributed by atoms with Gasteiger partial charge < -0.3 is 5.23 Å². The maximum absolute atomic E-state index is 11.3. The molecule has 0 fully saturated rings. The van der Waals surface area contributed by atoms with Crippen LogP contribution in [0.1, 0.15) is 10.4 Å². The average Bonchev–Trinajstić information content (AvgIpc) is 2.27. The summed E-state index contributed by atoms with van der Waals surface area (Å²) in [6.07, 6.45) is 3.05. The predicted molar refractivity (Wildman–Crippen MR) is 52.8 cm³/mol. The molecule has 0 aliphatic heterocycles. The van der Waals surface area contributed by atoms with E-state index in [9.17, 15) is 4.79 Å². The number of fused-ring (bicyclic) bond motifs is 1. The molecule has 0 unspecified atom stereocenters. The molecule has 0 saturated carbocycles. The Morgan fingerprint density at radius 1 is 1.43 bits per heavy atom. The molecule has 0 aliphatic carbocycles. The van der Waals surface area contributed by atoms with E-state index in [0.717, 1.165) is 5.39 Å². The van der Waals surface area contributed by atoms with Gasteiger partial charge in [-0.15, -0.1) is 0 Å². The van der Waals surface area contributed by atoms with Crippen LogP contribution in [0.3, 0.4) is 0 Å². The van der Waals surface area contributed by atoms with E-state index in [-0.39, 0.29) is 5.91 Å². The van der Waals surface area contributed by atoms with Gasteiger partial charge in [-0.2, -0.15) is 0 Å². The second-order valence-electron chi connectivity index (χ2n) is 2.74. The number of amides is 1. The van der Waals surface area contributed by atoms with Crippen molar-refractivity contribution in [1.82, 2.24) is 15.2 Å². The highest BCUT2D eigenvalue weighted by Gasteiger charge is 2.07. The first kappa shape index (κ1) is 8.68. The van der Waals surface area contributed by atoms with Crippen LogP contribution in [0, 0.1) is 0 Å². The fourth-order valence-corrected chi connectivity index (χ4v) is 1.28. The SMILES string of the molecule is [B]NC(=O)c1cccc2cncnc12. The van der Waals surface area contributed by atoms with E-state index in [1.807, 2.05) is 6.07 Å². The van der Waals surface area contributed by atoms with E-state index in [1.165, 1.54) is 6.33 Å². The number of nitrogens with zero attached hydrogens (tertiary/aromatic N) is 2. The lowest BCUT2D eigenvalue weighted by Crippen LogP contribution is -2.20. The minimum atomic E-state index is -0.352. The van der Waals surface area contributed by atoms with Crippen LogP contribution < -0.4 is 5.23 Å². The molecule has 1 heterocycles. The van der Waals surface area contributed by atoms with Gasteiger partial charge in [0.1, 0.15) is 6.33 Å². The first-order chi connectivity index (χ1) is 6.83. The molecule has 2 radical (unpaired) electrons. The number of para-hydroxylation sites is 1. The standard InChI is InChI=1S/C9H6BN3O/c10-13-9(14)7-3-1-2-6-4-11-5-12-8(6)7/h1-5H,(H,13,14). The highest BCUT2D eigenvalue weighted by molar-refractivity contribution is 6.20. The van der Waals surface area contributed by atoms with Crippen molar-refractivity contribution in [2.45, 2.75) is 0 Å². The molecular weight excluding hydrogens is 177 g/mol. The minimum absolute atomic E-state index is 0.352. The van der Waals surface area contributed by atoms with Crippen molar-refractivity contribution in [3.05, 3.63) is 36.3 Å². The van der Waals surface area contributed by atoms with Crippen LogP contribution in [-0.2, 0) is 0 Å². The second-order valence-corrected chi connectivity index (χ2v) is 2.74. The predicted octanol–water partition coefficient (Wildman–Crippen LogP) is 0.443. The van der Waals surface area contributed by atoms with Gasteiger partial charge in [0.15, 0.2) is 0 Å². The molecule has 0 aliphatic rings. The zero-order chi connectivity index (χ0) is 9.97. The first-order valence-corrected chi connectivity index (χ1v) is 4.02. The highest BCUT2D eigenvalue weighted by Crippen LogP contribution is 2.14. The molecule has 0 atom stereocenters. The van der Waals surface area contributed by atoms with Gasteiger partial charge in [-0.1, -0.05) is 12.1 Å². The van der Waals surface area contributed by atoms with E-state index < -0.39 is 0 Å². The number of hydrogen-bond acceptors (Lipinski definition) is 3. The van der Waals surface area contributed by atoms with Gasteiger partial charge in [0.25, 0.3) is 0 Å². The third-order valence-corrected chi connectivity index (χ3v) is 1.91. The zero-order valence-electron chi connectivity index (χ0n) is 7.27. The Labute approximate surface area is 81.8 Å². The zero-order valence-corrected chi connectivity index (χ0v) is 7.27. The van der Waals surface area contributed by atoms with Gasteiger partial charge in [0, 0.05) is 11.6 Å². The fraction of sp³-hybridized carbons (Fsp3) is 0. The Morgan fingerprint density at radius 2 is 2.29 bits per heavy atom. The summed E-state index contributed by atoms with van der Waals surface area (Å²) in [7, 11) is 5.05. The number of benzene rings is 1. The van der Waals surface area contributed by atoms with Crippen molar-refractivity contribution in [3.63, 3.8) is 0 Å². The first-order valence-electron chi connectivity index (χ1n) is 4.02. The van der Waals surface area contributed by atoms with Crippen LogP contribution in [0.2, 0.25) is 0 Å². The Bertz CT molecular complexity index is 481. The topological polar surface area (TPSA) is 54.9 Å².